The number of benzene rings is 1. The van der Waals surface area contributed by atoms with Gasteiger partial charge in [-0.3, -0.25) is 14.4 Å². The standard InChI is InChI=1S/C22H30N4O/c1-16(2)14-25-9-10-26-21(15-25)12-20(24-26)13-23-22(27)19-8-7-17-5-3-4-6-18(17)11-19/h3-6,12,16,19H,7-11,13-15H2,1-2H3,(H,23,27)/t19-/m1/s1. The number of hydrogen-bond donors (Lipinski definition) is 1. The van der Waals surface area contributed by atoms with Crippen molar-refractivity contribution in [2.24, 2.45) is 11.8 Å². The fourth-order valence-electron chi connectivity index (χ4n) is 4.38. The molecule has 1 aliphatic carbocycles. The van der Waals surface area contributed by atoms with Gasteiger partial charge in [0.1, 0.15) is 0 Å². The lowest BCUT2D eigenvalue weighted by molar-refractivity contribution is -0.125. The number of nitrogens with zero attached hydrogens (tertiary/aromatic N) is 3. The number of aromatic nitrogens is 2. The largest absolute Gasteiger partial charge is 0.350 e. The number of nitrogens with one attached hydrogen (secondary N) is 1. The quantitative estimate of drug-likeness (QED) is 0.885. The summed E-state index contributed by atoms with van der Waals surface area (Å²) in [5.41, 5.74) is 4.96. The molecule has 5 heteroatoms. The second-order valence-electron chi connectivity index (χ2n) is 8.41. The number of hydrogen-bond acceptors (Lipinski definition) is 3. The van der Waals surface area contributed by atoms with Crippen molar-refractivity contribution in [3.05, 3.63) is 52.8 Å². The van der Waals surface area contributed by atoms with Gasteiger partial charge in [-0.05, 0) is 42.4 Å². The van der Waals surface area contributed by atoms with Gasteiger partial charge in [0.25, 0.3) is 0 Å². The monoisotopic (exact) mass is 366 g/mol. The van der Waals surface area contributed by atoms with Gasteiger partial charge in [-0.25, -0.2) is 0 Å². The van der Waals surface area contributed by atoms with E-state index in [1.165, 1.54) is 16.8 Å². The minimum atomic E-state index is 0.0821. The average molecular weight is 367 g/mol. The Morgan fingerprint density at radius 2 is 2.07 bits per heavy atom. The van der Waals surface area contributed by atoms with Crippen molar-refractivity contribution in [2.75, 3.05) is 13.1 Å². The number of amides is 1. The smallest absolute Gasteiger partial charge is 0.223 e. The summed E-state index contributed by atoms with van der Waals surface area (Å²) in [6.45, 7) is 9.13. The summed E-state index contributed by atoms with van der Waals surface area (Å²) in [4.78, 5) is 15.1. The third-order valence-corrected chi connectivity index (χ3v) is 5.71. The molecule has 2 heterocycles. The molecule has 1 aromatic carbocycles. The summed E-state index contributed by atoms with van der Waals surface area (Å²) in [5, 5.41) is 7.82. The van der Waals surface area contributed by atoms with Crippen molar-refractivity contribution < 1.29 is 4.79 Å². The Balaban J connectivity index is 1.32. The molecular formula is C22H30N4O. The Bertz CT molecular complexity index is 810. The summed E-state index contributed by atoms with van der Waals surface area (Å²) >= 11 is 0. The second-order valence-corrected chi connectivity index (χ2v) is 8.41. The molecule has 27 heavy (non-hydrogen) atoms. The first-order valence-corrected chi connectivity index (χ1v) is 10.2. The zero-order chi connectivity index (χ0) is 18.8. The molecule has 1 N–H and O–H groups in total. The maximum absolute atomic E-state index is 12.6. The van der Waals surface area contributed by atoms with Crippen LogP contribution in [0.2, 0.25) is 0 Å². The van der Waals surface area contributed by atoms with Gasteiger partial charge in [0.2, 0.25) is 5.91 Å². The zero-order valence-corrected chi connectivity index (χ0v) is 16.4. The van der Waals surface area contributed by atoms with Gasteiger partial charge in [0.15, 0.2) is 0 Å². The number of carbonyl (C=O) groups excluding carboxylic acids is 1. The van der Waals surface area contributed by atoms with E-state index in [1.807, 2.05) is 0 Å². The van der Waals surface area contributed by atoms with Gasteiger partial charge in [-0.15, -0.1) is 0 Å². The van der Waals surface area contributed by atoms with Crippen molar-refractivity contribution in [1.82, 2.24) is 20.0 Å². The van der Waals surface area contributed by atoms with E-state index < -0.39 is 0 Å². The van der Waals surface area contributed by atoms with Crippen LogP contribution in [0.1, 0.15) is 42.8 Å². The normalized spacial score (nSPS) is 19.6. The molecule has 2 aliphatic rings. The molecule has 1 amide bonds. The topological polar surface area (TPSA) is 50.2 Å². The molecule has 0 radical (unpaired) electrons. The Morgan fingerprint density at radius 1 is 1.26 bits per heavy atom. The zero-order valence-electron chi connectivity index (χ0n) is 16.4. The van der Waals surface area contributed by atoms with Crippen LogP contribution in [0.25, 0.3) is 0 Å². The Hall–Kier alpha value is -2.14. The van der Waals surface area contributed by atoms with Crippen molar-refractivity contribution in [2.45, 2.75) is 52.7 Å². The van der Waals surface area contributed by atoms with E-state index in [2.05, 4.69) is 59.1 Å². The van der Waals surface area contributed by atoms with E-state index in [9.17, 15) is 4.79 Å². The van der Waals surface area contributed by atoms with Crippen molar-refractivity contribution in [3.8, 4) is 0 Å². The van der Waals surface area contributed by atoms with Crippen LogP contribution in [0.5, 0.6) is 0 Å². The van der Waals surface area contributed by atoms with E-state index >= 15 is 0 Å². The van der Waals surface area contributed by atoms with Crippen LogP contribution in [0.4, 0.5) is 0 Å². The molecule has 0 saturated heterocycles. The molecule has 0 spiro atoms. The third-order valence-electron chi connectivity index (χ3n) is 5.71. The van der Waals surface area contributed by atoms with Crippen molar-refractivity contribution >= 4 is 5.91 Å². The number of aryl methyl sites for hydroxylation is 1. The maximum atomic E-state index is 12.6. The van der Waals surface area contributed by atoms with E-state index in [0.717, 1.165) is 51.1 Å². The molecule has 0 fully saturated rings. The maximum Gasteiger partial charge on any atom is 0.223 e. The molecule has 1 aliphatic heterocycles. The lowest BCUT2D eigenvalue weighted by atomic mass is 9.83. The lowest BCUT2D eigenvalue weighted by Crippen LogP contribution is -2.36. The third kappa shape index (κ3) is 4.24. The Morgan fingerprint density at radius 3 is 2.89 bits per heavy atom. The first-order chi connectivity index (χ1) is 13.1. The molecule has 0 unspecified atom stereocenters. The predicted octanol–water partition coefficient (Wildman–Crippen LogP) is 2.78. The summed E-state index contributed by atoms with van der Waals surface area (Å²) in [6.07, 6.45) is 2.79. The van der Waals surface area contributed by atoms with Crippen LogP contribution in [-0.2, 0) is 37.3 Å². The highest BCUT2D eigenvalue weighted by Crippen LogP contribution is 2.25. The van der Waals surface area contributed by atoms with Crippen LogP contribution in [0.3, 0.4) is 0 Å². The fourth-order valence-corrected chi connectivity index (χ4v) is 4.38. The second kappa shape index (κ2) is 7.85. The first-order valence-electron chi connectivity index (χ1n) is 10.2. The lowest BCUT2D eigenvalue weighted by Gasteiger charge is -2.28. The van der Waals surface area contributed by atoms with Crippen molar-refractivity contribution in [1.29, 1.82) is 0 Å². The van der Waals surface area contributed by atoms with Crippen molar-refractivity contribution in [3.63, 3.8) is 0 Å². The fraction of sp³-hybridized carbons (Fsp3) is 0.545. The minimum Gasteiger partial charge on any atom is -0.350 e. The molecule has 2 aromatic rings. The van der Waals surface area contributed by atoms with E-state index in [0.29, 0.717) is 12.5 Å². The number of rotatable bonds is 5. The highest BCUT2D eigenvalue weighted by atomic mass is 16.1. The molecule has 4 rings (SSSR count). The highest BCUT2D eigenvalue weighted by molar-refractivity contribution is 5.79. The predicted molar refractivity (Wildman–Crippen MR) is 106 cm³/mol. The van der Waals surface area contributed by atoms with Crippen LogP contribution in [-0.4, -0.2) is 33.7 Å². The Labute approximate surface area is 161 Å². The van der Waals surface area contributed by atoms with Gasteiger partial charge in [0.05, 0.1) is 24.5 Å². The van der Waals surface area contributed by atoms with E-state index in [1.54, 1.807) is 0 Å². The molecule has 1 atom stereocenters. The number of fused-ring (bicyclic) bond motifs is 2. The van der Waals surface area contributed by atoms with Crippen LogP contribution < -0.4 is 5.32 Å². The van der Waals surface area contributed by atoms with Gasteiger partial charge < -0.3 is 5.32 Å². The summed E-state index contributed by atoms with van der Waals surface area (Å²) < 4.78 is 2.11. The average Bonchev–Trinajstić information content (AvgIpc) is 3.07. The van der Waals surface area contributed by atoms with Crippen LogP contribution in [0.15, 0.2) is 30.3 Å². The van der Waals surface area contributed by atoms with Crippen LogP contribution in [0, 0.1) is 11.8 Å². The van der Waals surface area contributed by atoms with E-state index in [-0.39, 0.29) is 11.8 Å². The SMILES string of the molecule is CC(C)CN1CCn2nc(CNC(=O)[C@@H]3CCc4ccccc4C3)cc2C1. The van der Waals surface area contributed by atoms with Gasteiger partial charge in [-0.1, -0.05) is 38.1 Å². The number of carbonyl (C=O) groups is 1. The molecule has 1 aromatic heterocycles. The van der Waals surface area contributed by atoms with E-state index in [4.69, 9.17) is 5.10 Å². The van der Waals surface area contributed by atoms with Gasteiger partial charge >= 0.3 is 0 Å². The molecule has 5 nitrogen and oxygen atoms in total. The van der Waals surface area contributed by atoms with Gasteiger partial charge in [-0.2, -0.15) is 5.10 Å². The highest BCUT2D eigenvalue weighted by Gasteiger charge is 2.25. The summed E-state index contributed by atoms with van der Waals surface area (Å²) in [7, 11) is 0. The molecule has 0 saturated carbocycles. The first kappa shape index (κ1) is 18.2. The summed E-state index contributed by atoms with van der Waals surface area (Å²) in [6, 6.07) is 10.6. The minimum absolute atomic E-state index is 0.0821. The van der Waals surface area contributed by atoms with Gasteiger partial charge in [0, 0.05) is 25.6 Å². The summed E-state index contributed by atoms with van der Waals surface area (Å²) in [5.74, 6) is 0.925. The Kier molecular flexibility index (Phi) is 5.30. The molecular weight excluding hydrogens is 336 g/mol. The molecule has 144 valence electrons. The van der Waals surface area contributed by atoms with Crippen LogP contribution >= 0.6 is 0 Å². The molecule has 0 bridgehead atoms.